The fraction of sp³-hybridized carbons (Fsp3) is 0.188. The van der Waals surface area contributed by atoms with Crippen molar-refractivity contribution in [2.75, 3.05) is 11.9 Å². The van der Waals surface area contributed by atoms with Crippen LogP contribution in [0.4, 0.5) is 5.69 Å². The van der Waals surface area contributed by atoms with E-state index >= 15 is 0 Å². The summed E-state index contributed by atoms with van der Waals surface area (Å²) in [5.41, 5.74) is 3.41. The zero-order valence-corrected chi connectivity index (χ0v) is 11.9. The lowest BCUT2D eigenvalue weighted by Crippen LogP contribution is -2.18. The van der Waals surface area contributed by atoms with Crippen LogP contribution in [-0.4, -0.2) is 12.2 Å². The highest BCUT2D eigenvalue weighted by molar-refractivity contribution is 6.30. The van der Waals surface area contributed by atoms with Crippen LogP contribution >= 0.6 is 11.6 Å². The summed E-state index contributed by atoms with van der Waals surface area (Å²) in [4.78, 5) is 2.03. The topological polar surface area (TPSA) is 47.3 Å². The zero-order chi connectivity index (χ0) is 14.5. The van der Waals surface area contributed by atoms with Gasteiger partial charge in [-0.15, -0.1) is 0 Å². The van der Waals surface area contributed by atoms with Crippen LogP contribution in [0.3, 0.4) is 0 Å². The smallest absolute Gasteiger partial charge is 0.0991 e. The number of nitrogens with zero attached hydrogens (tertiary/aromatic N) is 2. The number of nitriles is 1. The van der Waals surface area contributed by atoms with Gasteiger partial charge in [-0.25, -0.2) is 0 Å². The summed E-state index contributed by atoms with van der Waals surface area (Å²) < 4.78 is 0. The van der Waals surface area contributed by atoms with Gasteiger partial charge in [0.1, 0.15) is 0 Å². The molecule has 0 fully saturated rings. The van der Waals surface area contributed by atoms with Gasteiger partial charge in [0, 0.05) is 29.9 Å². The van der Waals surface area contributed by atoms with Crippen LogP contribution in [-0.2, 0) is 13.2 Å². The predicted octanol–water partition coefficient (Wildman–Crippen LogP) is 3.34. The van der Waals surface area contributed by atoms with Crippen LogP contribution in [0.2, 0.25) is 5.02 Å². The molecule has 0 spiro atoms. The molecule has 0 aliphatic rings. The fourth-order valence-electron chi connectivity index (χ4n) is 2.15. The first-order valence-electron chi connectivity index (χ1n) is 6.23. The molecule has 2 aromatic carbocycles. The van der Waals surface area contributed by atoms with Crippen molar-refractivity contribution in [1.29, 1.82) is 5.26 Å². The van der Waals surface area contributed by atoms with Gasteiger partial charge in [0.2, 0.25) is 0 Å². The third kappa shape index (κ3) is 3.30. The molecule has 4 heteroatoms. The summed E-state index contributed by atoms with van der Waals surface area (Å²) in [5.74, 6) is 0. The number of halogens is 1. The Morgan fingerprint density at radius 2 is 2.05 bits per heavy atom. The first-order chi connectivity index (χ1) is 9.63. The first kappa shape index (κ1) is 14.4. The molecule has 0 heterocycles. The molecule has 3 nitrogen and oxygen atoms in total. The van der Waals surface area contributed by atoms with Crippen molar-refractivity contribution in [3.8, 4) is 6.07 Å². The molecule has 0 aromatic heterocycles. The van der Waals surface area contributed by atoms with E-state index in [1.807, 2.05) is 36.2 Å². The molecule has 0 unspecified atom stereocenters. The van der Waals surface area contributed by atoms with Crippen molar-refractivity contribution in [3.05, 3.63) is 64.2 Å². The number of hydrogen-bond acceptors (Lipinski definition) is 3. The number of rotatable bonds is 4. The average Bonchev–Trinajstić information content (AvgIpc) is 2.47. The summed E-state index contributed by atoms with van der Waals surface area (Å²) in [6, 6.07) is 15.1. The van der Waals surface area contributed by atoms with Gasteiger partial charge in [-0.05, 0) is 35.9 Å². The number of anilines is 1. The van der Waals surface area contributed by atoms with Gasteiger partial charge in [0.15, 0.2) is 0 Å². The molecule has 0 saturated heterocycles. The van der Waals surface area contributed by atoms with E-state index in [1.165, 1.54) is 0 Å². The van der Waals surface area contributed by atoms with E-state index in [-0.39, 0.29) is 6.61 Å². The largest absolute Gasteiger partial charge is 0.392 e. The maximum absolute atomic E-state index is 9.41. The molecule has 1 N–H and O–H groups in total. The minimum atomic E-state index is -0.0571. The second-order valence-electron chi connectivity index (χ2n) is 4.60. The molecule has 0 atom stereocenters. The molecule has 102 valence electrons. The summed E-state index contributed by atoms with van der Waals surface area (Å²) in [6.45, 7) is 0.600. The Labute approximate surface area is 123 Å². The monoisotopic (exact) mass is 286 g/mol. The standard InChI is InChI=1S/C16H15ClN2O/c1-19(10-13-4-2-3-12(7-13)9-18)16-6-5-15(17)8-14(16)11-20/h2-8,20H,10-11H2,1H3. The minimum absolute atomic E-state index is 0.0571. The summed E-state index contributed by atoms with van der Waals surface area (Å²) in [6.07, 6.45) is 0. The maximum Gasteiger partial charge on any atom is 0.0991 e. The van der Waals surface area contributed by atoms with Gasteiger partial charge in [-0.3, -0.25) is 0 Å². The Hall–Kier alpha value is -2.02. The lowest BCUT2D eigenvalue weighted by Gasteiger charge is -2.22. The van der Waals surface area contributed by atoms with E-state index < -0.39 is 0 Å². The van der Waals surface area contributed by atoms with E-state index in [0.29, 0.717) is 17.1 Å². The molecule has 20 heavy (non-hydrogen) atoms. The number of aliphatic hydroxyl groups excluding tert-OH is 1. The molecule has 2 aromatic rings. The van der Waals surface area contributed by atoms with Gasteiger partial charge < -0.3 is 10.0 Å². The second kappa shape index (κ2) is 6.42. The number of benzene rings is 2. The van der Waals surface area contributed by atoms with Crippen molar-refractivity contribution >= 4 is 17.3 Å². The van der Waals surface area contributed by atoms with Gasteiger partial charge >= 0.3 is 0 Å². The van der Waals surface area contributed by atoms with Crippen LogP contribution < -0.4 is 4.90 Å². The van der Waals surface area contributed by atoms with Gasteiger partial charge in [0.25, 0.3) is 0 Å². The van der Waals surface area contributed by atoms with Crippen molar-refractivity contribution in [2.24, 2.45) is 0 Å². The van der Waals surface area contributed by atoms with E-state index in [9.17, 15) is 5.11 Å². The summed E-state index contributed by atoms with van der Waals surface area (Å²) in [7, 11) is 1.95. The quantitative estimate of drug-likeness (QED) is 0.938. The van der Waals surface area contributed by atoms with Crippen molar-refractivity contribution in [1.82, 2.24) is 0 Å². The maximum atomic E-state index is 9.41. The van der Waals surface area contributed by atoms with Crippen LogP contribution in [0, 0.1) is 11.3 Å². The Balaban J connectivity index is 2.23. The second-order valence-corrected chi connectivity index (χ2v) is 5.04. The average molecular weight is 287 g/mol. The fourth-order valence-corrected chi connectivity index (χ4v) is 2.35. The SMILES string of the molecule is CN(Cc1cccc(C#N)c1)c1ccc(Cl)cc1CO. The van der Waals surface area contributed by atoms with Gasteiger partial charge in [-0.1, -0.05) is 23.7 Å². The van der Waals surface area contributed by atoms with Crippen molar-refractivity contribution < 1.29 is 5.11 Å². The molecule has 0 radical (unpaired) electrons. The third-order valence-electron chi connectivity index (χ3n) is 3.10. The minimum Gasteiger partial charge on any atom is -0.392 e. The van der Waals surface area contributed by atoms with Crippen LogP contribution in [0.15, 0.2) is 42.5 Å². The zero-order valence-electron chi connectivity index (χ0n) is 11.2. The van der Waals surface area contributed by atoms with E-state index in [2.05, 4.69) is 6.07 Å². The van der Waals surface area contributed by atoms with Crippen LogP contribution in [0.25, 0.3) is 0 Å². The van der Waals surface area contributed by atoms with Gasteiger partial charge in [0.05, 0.1) is 18.2 Å². The summed E-state index contributed by atoms with van der Waals surface area (Å²) >= 11 is 5.93. The van der Waals surface area contributed by atoms with E-state index in [0.717, 1.165) is 16.8 Å². The van der Waals surface area contributed by atoms with Crippen LogP contribution in [0.5, 0.6) is 0 Å². The number of aliphatic hydroxyl groups is 1. The Morgan fingerprint density at radius 1 is 1.25 bits per heavy atom. The predicted molar refractivity (Wildman–Crippen MR) is 80.6 cm³/mol. The van der Waals surface area contributed by atoms with Crippen molar-refractivity contribution in [2.45, 2.75) is 13.2 Å². The molecular formula is C16H15ClN2O. The molecule has 0 aliphatic carbocycles. The molecule has 0 aliphatic heterocycles. The Morgan fingerprint density at radius 3 is 2.75 bits per heavy atom. The number of hydrogen-bond donors (Lipinski definition) is 1. The normalized spacial score (nSPS) is 10.1. The Bertz CT molecular complexity index is 649. The lowest BCUT2D eigenvalue weighted by molar-refractivity contribution is 0.282. The van der Waals surface area contributed by atoms with Crippen LogP contribution in [0.1, 0.15) is 16.7 Å². The van der Waals surface area contributed by atoms with E-state index in [4.69, 9.17) is 16.9 Å². The summed E-state index contributed by atoms with van der Waals surface area (Å²) in [5, 5.41) is 18.9. The van der Waals surface area contributed by atoms with Crippen molar-refractivity contribution in [3.63, 3.8) is 0 Å². The Kier molecular flexibility index (Phi) is 4.62. The third-order valence-corrected chi connectivity index (χ3v) is 3.33. The van der Waals surface area contributed by atoms with E-state index in [1.54, 1.807) is 18.2 Å². The highest BCUT2D eigenvalue weighted by Crippen LogP contribution is 2.25. The van der Waals surface area contributed by atoms with Gasteiger partial charge in [-0.2, -0.15) is 5.26 Å². The lowest BCUT2D eigenvalue weighted by atomic mass is 10.1. The molecule has 0 saturated carbocycles. The highest BCUT2D eigenvalue weighted by Gasteiger charge is 2.08. The molecule has 0 amide bonds. The highest BCUT2D eigenvalue weighted by atomic mass is 35.5. The molecule has 2 rings (SSSR count). The first-order valence-corrected chi connectivity index (χ1v) is 6.61. The molecule has 0 bridgehead atoms. The molecular weight excluding hydrogens is 272 g/mol.